The van der Waals surface area contributed by atoms with Gasteiger partial charge in [0.2, 0.25) is 5.91 Å². The molecule has 0 radical (unpaired) electrons. The monoisotopic (exact) mass is 560 g/mol. The minimum Gasteiger partial charge on any atom is -0.494 e. The van der Waals surface area contributed by atoms with E-state index < -0.39 is 0 Å². The number of benzene rings is 2. The van der Waals surface area contributed by atoms with E-state index >= 15 is 0 Å². The van der Waals surface area contributed by atoms with Gasteiger partial charge in [0.25, 0.3) is 0 Å². The van der Waals surface area contributed by atoms with Crippen molar-refractivity contribution in [1.29, 1.82) is 0 Å². The van der Waals surface area contributed by atoms with Crippen LogP contribution in [0.4, 0.5) is 22.9 Å². The standard InChI is InChI=1S/C29H36N8O2S/c1-6-29(38)34-23-14-24(27(39-5)16-26(23)37(19-40)12-11-36(7-2)8-3)33-28-15-22(30-18-31-28)20-9-10-25-21(13-20)17-32-35(25)4/h6,9-10,13-18,40H,1,7-8,11-12,19H2,2-5H3,(H,34,38)(H,30,31,33). The van der Waals surface area contributed by atoms with Crippen LogP contribution in [0.2, 0.25) is 0 Å². The van der Waals surface area contributed by atoms with Gasteiger partial charge in [-0.15, -0.1) is 0 Å². The van der Waals surface area contributed by atoms with Gasteiger partial charge >= 0.3 is 0 Å². The molecule has 40 heavy (non-hydrogen) atoms. The van der Waals surface area contributed by atoms with E-state index in [-0.39, 0.29) is 5.91 Å². The second-order valence-corrected chi connectivity index (χ2v) is 9.43. The van der Waals surface area contributed by atoms with Crippen molar-refractivity contribution >= 4 is 52.3 Å². The molecule has 0 saturated heterocycles. The Balaban J connectivity index is 1.67. The maximum atomic E-state index is 12.4. The summed E-state index contributed by atoms with van der Waals surface area (Å²) in [5.41, 5.74) is 4.80. The third-order valence-electron chi connectivity index (χ3n) is 6.82. The molecule has 2 aromatic heterocycles. The van der Waals surface area contributed by atoms with Crippen molar-refractivity contribution in [3.63, 3.8) is 0 Å². The van der Waals surface area contributed by atoms with E-state index in [4.69, 9.17) is 4.74 Å². The Kier molecular flexibility index (Phi) is 9.62. The van der Waals surface area contributed by atoms with Crippen molar-refractivity contribution in [2.45, 2.75) is 13.8 Å². The molecule has 0 saturated carbocycles. The van der Waals surface area contributed by atoms with Gasteiger partial charge in [-0.1, -0.05) is 26.5 Å². The fourth-order valence-electron chi connectivity index (χ4n) is 4.49. The summed E-state index contributed by atoms with van der Waals surface area (Å²) in [6.07, 6.45) is 4.60. The minimum absolute atomic E-state index is 0.310. The number of likely N-dealkylation sites (N-methyl/N-ethyl adjacent to an activating group) is 1. The van der Waals surface area contributed by atoms with Crippen LogP contribution in [-0.4, -0.2) is 69.7 Å². The number of carbonyl (C=O) groups excluding carboxylic acids is 1. The number of fused-ring (bicyclic) bond motifs is 1. The van der Waals surface area contributed by atoms with E-state index in [0.29, 0.717) is 28.8 Å². The summed E-state index contributed by atoms with van der Waals surface area (Å²) >= 11 is 4.58. The van der Waals surface area contributed by atoms with E-state index in [1.54, 1.807) is 7.11 Å². The van der Waals surface area contributed by atoms with Gasteiger partial charge in [0.1, 0.15) is 17.9 Å². The molecule has 0 bridgehead atoms. The number of aryl methyl sites for hydroxylation is 1. The van der Waals surface area contributed by atoms with Gasteiger partial charge in [-0.3, -0.25) is 9.48 Å². The van der Waals surface area contributed by atoms with Gasteiger partial charge in [0.15, 0.2) is 0 Å². The molecule has 0 aliphatic rings. The van der Waals surface area contributed by atoms with Crippen LogP contribution >= 0.6 is 12.6 Å². The lowest BCUT2D eigenvalue weighted by atomic mass is 10.1. The molecule has 1 amide bonds. The first kappa shape index (κ1) is 28.9. The molecule has 4 aromatic rings. The number of anilines is 4. The SMILES string of the molecule is C=CC(=O)Nc1cc(Nc2cc(-c3ccc4c(cnn4C)c3)ncn2)c(OC)cc1N(CS)CCN(CC)CC. The number of rotatable bonds is 13. The molecule has 0 aliphatic heterocycles. The van der Waals surface area contributed by atoms with E-state index in [2.05, 4.69) is 74.6 Å². The van der Waals surface area contributed by atoms with Crippen LogP contribution in [0.1, 0.15) is 13.8 Å². The summed E-state index contributed by atoms with van der Waals surface area (Å²) in [6.45, 7) is 11.4. The number of nitrogens with zero attached hydrogens (tertiary/aromatic N) is 6. The van der Waals surface area contributed by atoms with Crippen molar-refractivity contribution in [3.8, 4) is 17.0 Å². The summed E-state index contributed by atoms with van der Waals surface area (Å²) in [4.78, 5) is 25.7. The fraction of sp³-hybridized carbons (Fsp3) is 0.310. The lowest BCUT2D eigenvalue weighted by Crippen LogP contribution is -2.35. The van der Waals surface area contributed by atoms with Gasteiger partial charge in [-0.25, -0.2) is 9.97 Å². The van der Waals surface area contributed by atoms with E-state index in [1.807, 2.05) is 48.3 Å². The van der Waals surface area contributed by atoms with Crippen molar-refractivity contribution in [3.05, 3.63) is 61.6 Å². The maximum Gasteiger partial charge on any atom is 0.247 e. The van der Waals surface area contributed by atoms with Crippen LogP contribution in [0.15, 0.2) is 61.6 Å². The summed E-state index contributed by atoms with van der Waals surface area (Å²) in [5, 5.41) is 11.6. The molecular weight excluding hydrogens is 524 g/mol. The second-order valence-electron chi connectivity index (χ2n) is 9.15. The normalized spacial score (nSPS) is 11.1. The van der Waals surface area contributed by atoms with Crippen LogP contribution in [0.5, 0.6) is 5.75 Å². The highest BCUT2D eigenvalue weighted by molar-refractivity contribution is 7.80. The highest BCUT2D eigenvalue weighted by Crippen LogP contribution is 2.39. The largest absolute Gasteiger partial charge is 0.494 e. The number of amides is 1. The minimum atomic E-state index is -0.310. The van der Waals surface area contributed by atoms with Crippen molar-refractivity contribution < 1.29 is 9.53 Å². The molecule has 0 fully saturated rings. The third-order valence-corrected chi connectivity index (χ3v) is 7.17. The molecule has 0 aliphatic carbocycles. The molecule has 10 nitrogen and oxygen atoms in total. The lowest BCUT2D eigenvalue weighted by molar-refractivity contribution is -0.111. The van der Waals surface area contributed by atoms with Crippen molar-refractivity contribution in [2.24, 2.45) is 7.05 Å². The number of carbonyl (C=O) groups is 1. The Labute approximate surface area is 240 Å². The van der Waals surface area contributed by atoms with Crippen LogP contribution < -0.4 is 20.3 Å². The molecule has 0 unspecified atom stereocenters. The molecule has 2 N–H and O–H groups in total. The smallest absolute Gasteiger partial charge is 0.247 e. The molecule has 2 aromatic carbocycles. The number of ether oxygens (including phenoxy) is 1. The first-order valence-electron chi connectivity index (χ1n) is 13.1. The van der Waals surface area contributed by atoms with E-state index in [9.17, 15) is 4.79 Å². The quantitative estimate of drug-likeness (QED) is 0.120. The van der Waals surface area contributed by atoms with Crippen LogP contribution in [-0.2, 0) is 11.8 Å². The topological polar surface area (TPSA) is 100 Å². The number of hydrogen-bond acceptors (Lipinski definition) is 9. The Bertz CT molecular complexity index is 1480. The number of nitrogens with one attached hydrogen (secondary N) is 2. The van der Waals surface area contributed by atoms with Crippen LogP contribution in [0, 0.1) is 0 Å². The van der Waals surface area contributed by atoms with Gasteiger partial charge in [-0.05, 0) is 37.4 Å². The number of thiol groups is 1. The van der Waals surface area contributed by atoms with Crippen LogP contribution in [0.25, 0.3) is 22.2 Å². The molecule has 4 rings (SSSR count). The first-order chi connectivity index (χ1) is 19.4. The average molecular weight is 561 g/mol. The highest BCUT2D eigenvalue weighted by Gasteiger charge is 2.18. The second kappa shape index (κ2) is 13.3. The maximum absolute atomic E-state index is 12.4. The predicted octanol–water partition coefficient (Wildman–Crippen LogP) is 4.94. The predicted molar refractivity (Wildman–Crippen MR) is 166 cm³/mol. The van der Waals surface area contributed by atoms with Crippen LogP contribution in [0.3, 0.4) is 0 Å². The number of hydrogen-bond donors (Lipinski definition) is 3. The van der Waals surface area contributed by atoms with Gasteiger partial charge in [0, 0.05) is 43.2 Å². The fourth-order valence-corrected chi connectivity index (χ4v) is 4.79. The Morgan fingerprint density at radius 3 is 2.62 bits per heavy atom. The summed E-state index contributed by atoms with van der Waals surface area (Å²) < 4.78 is 7.60. The summed E-state index contributed by atoms with van der Waals surface area (Å²) in [5.74, 6) is 1.33. The molecule has 210 valence electrons. The zero-order chi connectivity index (χ0) is 28.6. The van der Waals surface area contributed by atoms with Gasteiger partial charge in [0.05, 0.1) is 47.5 Å². The molecule has 11 heteroatoms. The molecule has 2 heterocycles. The highest BCUT2D eigenvalue weighted by atomic mass is 32.1. The lowest BCUT2D eigenvalue weighted by Gasteiger charge is -2.29. The van der Waals surface area contributed by atoms with E-state index in [1.165, 1.54) is 12.4 Å². The molecule has 0 spiro atoms. The van der Waals surface area contributed by atoms with Crippen molar-refractivity contribution in [2.75, 3.05) is 54.7 Å². The average Bonchev–Trinajstić information content (AvgIpc) is 3.35. The zero-order valence-corrected chi connectivity index (χ0v) is 24.3. The zero-order valence-electron chi connectivity index (χ0n) is 23.4. The van der Waals surface area contributed by atoms with Gasteiger partial charge in [-0.2, -0.15) is 17.7 Å². The third kappa shape index (κ3) is 6.54. The number of aromatic nitrogens is 4. The summed E-state index contributed by atoms with van der Waals surface area (Å²) in [7, 11) is 3.53. The number of methoxy groups -OCH3 is 1. The Morgan fingerprint density at radius 2 is 1.93 bits per heavy atom. The first-order valence-corrected chi connectivity index (χ1v) is 13.8. The van der Waals surface area contributed by atoms with Crippen molar-refractivity contribution in [1.82, 2.24) is 24.6 Å². The van der Waals surface area contributed by atoms with E-state index in [0.717, 1.165) is 54.0 Å². The Morgan fingerprint density at radius 1 is 1.12 bits per heavy atom. The van der Waals surface area contributed by atoms with Gasteiger partial charge < -0.3 is 25.2 Å². The molecule has 0 atom stereocenters. The molecular formula is C29H36N8O2S. The summed E-state index contributed by atoms with van der Waals surface area (Å²) in [6, 6.07) is 11.7. The Hall–Kier alpha value is -4.09.